The van der Waals surface area contributed by atoms with E-state index in [4.69, 9.17) is 10.5 Å². The molecule has 0 aliphatic heterocycles. The van der Waals surface area contributed by atoms with Gasteiger partial charge in [0, 0.05) is 18.2 Å². The maximum absolute atomic E-state index is 5.92. The lowest BCUT2D eigenvalue weighted by molar-refractivity contribution is -0.0850. The maximum atomic E-state index is 5.92. The van der Waals surface area contributed by atoms with E-state index in [2.05, 4.69) is 24.2 Å². The fourth-order valence-corrected chi connectivity index (χ4v) is 2.35. The first-order chi connectivity index (χ1) is 8.54. The van der Waals surface area contributed by atoms with Gasteiger partial charge < -0.3 is 15.8 Å². The maximum Gasteiger partial charge on any atom is 0.193 e. The van der Waals surface area contributed by atoms with Crippen molar-refractivity contribution in [2.24, 2.45) is 16.1 Å². The molecule has 0 bridgehead atoms. The number of anilines is 1. The lowest BCUT2D eigenvalue weighted by atomic mass is 9.65. The zero-order valence-corrected chi connectivity index (χ0v) is 13.9. The Balaban J connectivity index is 0.00000180. The Labute approximate surface area is 131 Å². The molecule has 0 aromatic heterocycles. The molecule has 0 radical (unpaired) electrons. The normalized spacial score (nSPS) is 25.1. The number of halogens is 1. The van der Waals surface area contributed by atoms with Crippen LogP contribution in [0.4, 0.5) is 5.69 Å². The molecule has 3 N–H and O–H groups in total. The summed E-state index contributed by atoms with van der Waals surface area (Å²) in [4.78, 5) is 4.53. The van der Waals surface area contributed by atoms with E-state index in [1.54, 1.807) is 7.11 Å². The van der Waals surface area contributed by atoms with Crippen LogP contribution in [0.5, 0.6) is 0 Å². The predicted octanol–water partition coefficient (Wildman–Crippen LogP) is 2.84. The molecule has 5 heteroatoms. The Bertz CT molecular complexity index is 434. The molecule has 1 saturated carbocycles. The lowest BCUT2D eigenvalue weighted by Gasteiger charge is -2.48. The molecular weight excluding hydrogens is 353 g/mol. The molecule has 19 heavy (non-hydrogen) atoms. The SMILES string of the molecule is COC1CC(N=C(N)Nc2ccccc2)C1(C)C.I. The zero-order valence-electron chi connectivity index (χ0n) is 11.6. The van der Waals surface area contributed by atoms with Crippen LogP contribution >= 0.6 is 24.0 Å². The standard InChI is InChI=1S/C14H21N3O.HI/c1-14(2)11(9-12(14)18-3)17-13(15)16-10-7-5-4-6-8-10;/h4-8,11-12H,9H2,1-3H3,(H3,15,16,17);1H. The number of nitrogens with zero attached hydrogens (tertiary/aromatic N) is 1. The van der Waals surface area contributed by atoms with Gasteiger partial charge in [-0.25, -0.2) is 4.99 Å². The van der Waals surface area contributed by atoms with Crippen molar-refractivity contribution in [1.82, 2.24) is 0 Å². The van der Waals surface area contributed by atoms with Gasteiger partial charge in [0.25, 0.3) is 0 Å². The molecule has 0 saturated heterocycles. The van der Waals surface area contributed by atoms with Crippen LogP contribution in [-0.4, -0.2) is 25.2 Å². The summed E-state index contributed by atoms with van der Waals surface area (Å²) in [5.74, 6) is 0.467. The van der Waals surface area contributed by atoms with E-state index >= 15 is 0 Å². The van der Waals surface area contributed by atoms with Gasteiger partial charge in [0.05, 0.1) is 12.1 Å². The predicted molar refractivity (Wildman–Crippen MR) is 90.1 cm³/mol. The van der Waals surface area contributed by atoms with Gasteiger partial charge in [0.15, 0.2) is 5.96 Å². The van der Waals surface area contributed by atoms with Gasteiger partial charge in [-0.05, 0) is 18.6 Å². The van der Waals surface area contributed by atoms with Crippen molar-refractivity contribution in [2.45, 2.75) is 32.4 Å². The number of nitrogens with two attached hydrogens (primary N) is 1. The molecule has 2 rings (SSSR count). The highest BCUT2D eigenvalue weighted by Crippen LogP contribution is 2.44. The molecule has 1 fully saturated rings. The zero-order chi connectivity index (χ0) is 13.2. The first-order valence-electron chi connectivity index (χ1n) is 6.22. The van der Waals surface area contributed by atoms with E-state index in [1.807, 2.05) is 30.3 Å². The minimum Gasteiger partial charge on any atom is -0.381 e. The van der Waals surface area contributed by atoms with Crippen LogP contribution < -0.4 is 11.1 Å². The third kappa shape index (κ3) is 3.60. The summed E-state index contributed by atoms with van der Waals surface area (Å²) in [5, 5.41) is 3.10. The second-order valence-electron chi connectivity index (χ2n) is 5.30. The summed E-state index contributed by atoms with van der Waals surface area (Å²) in [7, 11) is 1.75. The van der Waals surface area contributed by atoms with E-state index in [0.29, 0.717) is 5.96 Å². The third-order valence-electron chi connectivity index (χ3n) is 3.75. The smallest absolute Gasteiger partial charge is 0.193 e. The van der Waals surface area contributed by atoms with Crippen LogP contribution in [0.2, 0.25) is 0 Å². The number of ether oxygens (including phenoxy) is 1. The first kappa shape index (κ1) is 16.2. The number of nitrogens with one attached hydrogen (secondary N) is 1. The Hall–Kier alpha value is -0.820. The van der Waals surface area contributed by atoms with Gasteiger partial charge in [-0.3, -0.25) is 0 Å². The van der Waals surface area contributed by atoms with Crippen LogP contribution in [0.15, 0.2) is 35.3 Å². The summed E-state index contributed by atoms with van der Waals surface area (Å²) < 4.78 is 5.40. The van der Waals surface area contributed by atoms with Gasteiger partial charge in [-0.15, -0.1) is 24.0 Å². The number of hydrogen-bond acceptors (Lipinski definition) is 2. The molecule has 1 aromatic carbocycles. The topological polar surface area (TPSA) is 59.6 Å². The number of rotatable bonds is 3. The Morgan fingerprint density at radius 3 is 2.53 bits per heavy atom. The van der Waals surface area contributed by atoms with Gasteiger partial charge in [0.2, 0.25) is 0 Å². The minimum atomic E-state index is 0. The monoisotopic (exact) mass is 375 g/mol. The number of methoxy groups -OCH3 is 1. The van der Waals surface area contributed by atoms with Gasteiger partial charge in [-0.1, -0.05) is 32.0 Å². The molecule has 1 aliphatic carbocycles. The summed E-state index contributed by atoms with van der Waals surface area (Å²) in [5.41, 5.74) is 6.93. The second kappa shape index (κ2) is 6.56. The molecule has 2 unspecified atom stereocenters. The quantitative estimate of drug-likeness (QED) is 0.485. The van der Waals surface area contributed by atoms with E-state index in [1.165, 1.54) is 0 Å². The lowest BCUT2D eigenvalue weighted by Crippen LogP contribution is -2.54. The molecule has 0 heterocycles. The fourth-order valence-electron chi connectivity index (χ4n) is 2.35. The molecule has 4 nitrogen and oxygen atoms in total. The van der Waals surface area contributed by atoms with Crippen molar-refractivity contribution in [2.75, 3.05) is 12.4 Å². The van der Waals surface area contributed by atoms with Crippen molar-refractivity contribution in [1.29, 1.82) is 0 Å². The Kier molecular flexibility index (Phi) is 5.61. The van der Waals surface area contributed by atoms with E-state index < -0.39 is 0 Å². The number of benzene rings is 1. The van der Waals surface area contributed by atoms with Crippen molar-refractivity contribution >= 4 is 35.6 Å². The number of hydrogen-bond donors (Lipinski definition) is 2. The molecule has 1 aromatic rings. The summed E-state index contributed by atoms with van der Waals surface area (Å²) in [6, 6.07) is 10.0. The highest BCUT2D eigenvalue weighted by atomic mass is 127. The van der Waals surface area contributed by atoms with Crippen LogP contribution in [0.1, 0.15) is 20.3 Å². The van der Waals surface area contributed by atoms with Crippen LogP contribution in [-0.2, 0) is 4.74 Å². The Morgan fingerprint density at radius 1 is 1.37 bits per heavy atom. The number of guanidine groups is 1. The van der Waals surface area contributed by atoms with Crippen LogP contribution in [0, 0.1) is 5.41 Å². The van der Waals surface area contributed by atoms with Gasteiger partial charge >= 0.3 is 0 Å². The average molecular weight is 375 g/mol. The molecule has 1 aliphatic rings. The average Bonchev–Trinajstić information content (AvgIpc) is 2.35. The Morgan fingerprint density at radius 2 is 2.00 bits per heavy atom. The van der Waals surface area contributed by atoms with Crippen molar-refractivity contribution in [3.63, 3.8) is 0 Å². The fraction of sp³-hybridized carbons (Fsp3) is 0.500. The highest BCUT2D eigenvalue weighted by molar-refractivity contribution is 14.0. The third-order valence-corrected chi connectivity index (χ3v) is 3.75. The largest absolute Gasteiger partial charge is 0.381 e. The van der Waals surface area contributed by atoms with E-state index in [-0.39, 0.29) is 41.5 Å². The number of para-hydroxylation sites is 1. The van der Waals surface area contributed by atoms with Gasteiger partial charge in [0.1, 0.15) is 0 Å². The van der Waals surface area contributed by atoms with E-state index in [0.717, 1.165) is 12.1 Å². The van der Waals surface area contributed by atoms with Crippen LogP contribution in [0.25, 0.3) is 0 Å². The summed E-state index contributed by atoms with van der Waals surface area (Å²) in [6.07, 6.45) is 1.21. The summed E-state index contributed by atoms with van der Waals surface area (Å²) in [6.45, 7) is 4.32. The van der Waals surface area contributed by atoms with E-state index in [9.17, 15) is 0 Å². The molecule has 0 spiro atoms. The highest BCUT2D eigenvalue weighted by Gasteiger charge is 2.48. The van der Waals surface area contributed by atoms with Gasteiger partial charge in [-0.2, -0.15) is 0 Å². The second-order valence-corrected chi connectivity index (χ2v) is 5.30. The van der Waals surface area contributed by atoms with Crippen molar-refractivity contribution < 1.29 is 4.74 Å². The molecular formula is C14H22IN3O. The van der Waals surface area contributed by atoms with Crippen LogP contribution in [0.3, 0.4) is 0 Å². The minimum absolute atomic E-state index is 0. The van der Waals surface area contributed by atoms with Crippen molar-refractivity contribution in [3.8, 4) is 0 Å². The molecule has 0 amide bonds. The molecule has 2 atom stereocenters. The first-order valence-corrected chi connectivity index (χ1v) is 6.22. The van der Waals surface area contributed by atoms with Crippen molar-refractivity contribution in [3.05, 3.63) is 30.3 Å². The summed E-state index contributed by atoms with van der Waals surface area (Å²) >= 11 is 0. The number of aliphatic imine (C=N–C) groups is 1. The molecule has 106 valence electrons.